The molecular formula is C19H22ClN3O. The fraction of sp³-hybridized carbons (Fsp3) is 0.368. The SMILES string of the molecule is CN1CC[C@H](NC(=O)CCc2ccncc2)[C@@H]1c1ccc(Cl)cc1. The molecule has 1 aromatic heterocycles. The highest BCUT2D eigenvalue weighted by molar-refractivity contribution is 6.30. The number of amides is 1. The first-order valence-corrected chi connectivity index (χ1v) is 8.65. The average molecular weight is 344 g/mol. The Balaban J connectivity index is 1.60. The van der Waals surface area contributed by atoms with E-state index in [9.17, 15) is 4.79 Å². The molecule has 1 N–H and O–H groups in total. The molecule has 1 aliphatic rings. The predicted octanol–water partition coefficient (Wildman–Crippen LogP) is 3.23. The molecule has 4 nitrogen and oxygen atoms in total. The van der Waals surface area contributed by atoms with E-state index in [-0.39, 0.29) is 18.0 Å². The molecule has 5 heteroatoms. The molecular weight excluding hydrogens is 322 g/mol. The van der Waals surface area contributed by atoms with Crippen molar-refractivity contribution in [2.24, 2.45) is 0 Å². The van der Waals surface area contributed by atoms with Crippen molar-refractivity contribution in [2.75, 3.05) is 13.6 Å². The van der Waals surface area contributed by atoms with E-state index >= 15 is 0 Å². The number of carbonyl (C=O) groups is 1. The molecule has 1 saturated heterocycles. The molecule has 0 aliphatic carbocycles. The minimum absolute atomic E-state index is 0.103. The second kappa shape index (κ2) is 7.77. The molecule has 1 amide bonds. The number of pyridine rings is 1. The monoisotopic (exact) mass is 343 g/mol. The molecule has 0 radical (unpaired) electrons. The summed E-state index contributed by atoms with van der Waals surface area (Å²) in [6.07, 6.45) is 5.72. The number of aryl methyl sites for hydroxylation is 1. The summed E-state index contributed by atoms with van der Waals surface area (Å²) in [5, 5.41) is 3.95. The van der Waals surface area contributed by atoms with Gasteiger partial charge in [-0.05, 0) is 55.3 Å². The Morgan fingerprint density at radius 3 is 2.67 bits per heavy atom. The lowest BCUT2D eigenvalue weighted by molar-refractivity contribution is -0.121. The Kier molecular flexibility index (Phi) is 5.48. The molecule has 2 aromatic rings. The summed E-state index contributed by atoms with van der Waals surface area (Å²) in [5.41, 5.74) is 2.33. The van der Waals surface area contributed by atoms with Gasteiger partial charge in [-0.3, -0.25) is 14.7 Å². The van der Waals surface area contributed by atoms with E-state index in [0.717, 1.165) is 30.0 Å². The van der Waals surface area contributed by atoms with E-state index in [1.807, 2.05) is 36.4 Å². The topological polar surface area (TPSA) is 45.2 Å². The van der Waals surface area contributed by atoms with Crippen molar-refractivity contribution in [1.29, 1.82) is 0 Å². The first-order chi connectivity index (χ1) is 11.6. The van der Waals surface area contributed by atoms with Gasteiger partial charge in [0.25, 0.3) is 0 Å². The summed E-state index contributed by atoms with van der Waals surface area (Å²) < 4.78 is 0. The number of benzene rings is 1. The van der Waals surface area contributed by atoms with Crippen molar-refractivity contribution in [3.05, 3.63) is 64.9 Å². The van der Waals surface area contributed by atoms with Crippen molar-refractivity contribution >= 4 is 17.5 Å². The lowest BCUT2D eigenvalue weighted by Gasteiger charge is -2.26. The van der Waals surface area contributed by atoms with Crippen molar-refractivity contribution in [3.63, 3.8) is 0 Å². The second-order valence-electron chi connectivity index (χ2n) is 6.30. The largest absolute Gasteiger partial charge is 0.351 e. The highest BCUT2D eigenvalue weighted by Crippen LogP contribution is 2.31. The minimum Gasteiger partial charge on any atom is -0.351 e. The zero-order chi connectivity index (χ0) is 16.9. The van der Waals surface area contributed by atoms with Crippen LogP contribution in [-0.4, -0.2) is 35.4 Å². The average Bonchev–Trinajstić information content (AvgIpc) is 2.95. The first kappa shape index (κ1) is 16.9. The van der Waals surface area contributed by atoms with Crippen LogP contribution in [0, 0.1) is 0 Å². The molecule has 0 saturated carbocycles. The van der Waals surface area contributed by atoms with E-state index in [4.69, 9.17) is 11.6 Å². The number of halogens is 1. The molecule has 1 aliphatic heterocycles. The van der Waals surface area contributed by atoms with E-state index in [1.54, 1.807) is 12.4 Å². The van der Waals surface area contributed by atoms with Gasteiger partial charge in [-0.15, -0.1) is 0 Å². The summed E-state index contributed by atoms with van der Waals surface area (Å²) in [6, 6.07) is 12.2. The molecule has 126 valence electrons. The van der Waals surface area contributed by atoms with E-state index in [2.05, 4.69) is 22.2 Å². The van der Waals surface area contributed by atoms with Crippen LogP contribution in [0.3, 0.4) is 0 Å². The van der Waals surface area contributed by atoms with Crippen LogP contribution in [0.25, 0.3) is 0 Å². The fourth-order valence-corrected chi connectivity index (χ4v) is 3.46. The number of likely N-dealkylation sites (tertiary alicyclic amines) is 1. The summed E-state index contributed by atoms with van der Waals surface area (Å²) in [4.78, 5) is 18.6. The molecule has 24 heavy (non-hydrogen) atoms. The number of hydrogen-bond donors (Lipinski definition) is 1. The van der Waals surface area contributed by atoms with Crippen LogP contribution in [0.15, 0.2) is 48.8 Å². The lowest BCUT2D eigenvalue weighted by atomic mass is 10.00. The summed E-state index contributed by atoms with van der Waals surface area (Å²) in [6.45, 7) is 0.975. The van der Waals surface area contributed by atoms with Gasteiger partial charge in [-0.1, -0.05) is 23.7 Å². The number of aromatic nitrogens is 1. The third kappa shape index (κ3) is 4.13. The molecule has 0 spiro atoms. The highest BCUT2D eigenvalue weighted by atomic mass is 35.5. The Bertz CT molecular complexity index is 675. The Morgan fingerprint density at radius 2 is 1.96 bits per heavy atom. The standard InChI is InChI=1S/C19H22ClN3O/c1-23-13-10-17(19(23)15-3-5-16(20)6-4-15)22-18(24)7-2-14-8-11-21-12-9-14/h3-6,8-9,11-12,17,19H,2,7,10,13H2,1H3,(H,22,24)/t17-,19-/m0/s1. The van der Waals surface area contributed by atoms with Crippen LogP contribution < -0.4 is 5.32 Å². The van der Waals surface area contributed by atoms with Crippen LogP contribution in [0.2, 0.25) is 5.02 Å². The van der Waals surface area contributed by atoms with Crippen LogP contribution in [-0.2, 0) is 11.2 Å². The van der Waals surface area contributed by atoms with E-state index < -0.39 is 0 Å². The maximum atomic E-state index is 12.3. The van der Waals surface area contributed by atoms with Gasteiger partial charge < -0.3 is 5.32 Å². The predicted molar refractivity (Wildman–Crippen MR) is 95.9 cm³/mol. The van der Waals surface area contributed by atoms with Crippen LogP contribution in [0.5, 0.6) is 0 Å². The van der Waals surface area contributed by atoms with E-state index in [0.29, 0.717) is 6.42 Å². The Morgan fingerprint density at radius 1 is 1.25 bits per heavy atom. The van der Waals surface area contributed by atoms with Gasteiger partial charge in [0.15, 0.2) is 0 Å². The summed E-state index contributed by atoms with van der Waals surface area (Å²) in [5.74, 6) is 0.103. The zero-order valence-electron chi connectivity index (χ0n) is 13.8. The van der Waals surface area contributed by atoms with Gasteiger partial charge in [0.1, 0.15) is 0 Å². The maximum absolute atomic E-state index is 12.3. The summed E-state index contributed by atoms with van der Waals surface area (Å²) in [7, 11) is 2.10. The highest BCUT2D eigenvalue weighted by Gasteiger charge is 2.33. The number of hydrogen-bond acceptors (Lipinski definition) is 3. The van der Waals surface area contributed by atoms with Crippen molar-refractivity contribution in [3.8, 4) is 0 Å². The molecule has 1 aromatic carbocycles. The minimum atomic E-state index is 0.103. The van der Waals surface area contributed by atoms with Crippen LogP contribution >= 0.6 is 11.6 Å². The first-order valence-electron chi connectivity index (χ1n) is 8.27. The van der Waals surface area contributed by atoms with Crippen molar-refractivity contribution < 1.29 is 4.79 Å². The zero-order valence-corrected chi connectivity index (χ0v) is 14.5. The molecule has 0 unspecified atom stereocenters. The molecule has 3 rings (SSSR count). The van der Waals surface area contributed by atoms with Gasteiger partial charge >= 0.3 is 0 Å². The third-order valence-electron chi connectivity index (χ3n) is 4.60. The van der Waals surface area contributed by atoms with Gasteiger partial charge in [0.05, 0.1) is 6.04 Å². The molecule has 0 bridgehead atoms. The molecule has 2 atom stereocenters. The van der Waals surface area contributed by atoms with Gasteiger partial charge in [-0.2, -0.15) is 0 Å². The molecule has 2 heterocycles. The lowest BCUT2D eigenvalue weighted by Crippen LogP contribution is -2.39. The van der Waals surface area contributed by atoms with E-state index in [1.165, 1.54) is 5.56 Å². The van der Waals surface area contributed by atoms with Crippen LogP contribution in [0.1, 0.15) is 30.0 Å². The van der Waals surface area contributed by atoms with Crippen molar-refractivity contribution in [1.82, 2.24) is 15.2 Å². The summed E-state index contributed by atoms with van der Waals surface area (Å²) >= 11 is 5.99. The van der Waals surface area contributed by atoms with Gasteiger partial charge in [-0.25, -0.2) is 0 Å². The van der Waals surface area contributed by atoms with Gasteiger partial charge in [0, 0.05) is 36.4 Å². The fourth-order valence-electron chi connectivity index (χ4n) is 3.33. The van der Waals surface area contributed by atoms with Gasteiger partial charge in [0.2, 0.25) is 5.91 Å². The number of likely N-dealkylation sites (N-methyl/N-ethyl adjacent to an activating group) is 1. The number of rotatable bonds is 5. The smallest absolute Gasteiger partial charge is 0.220 e. The second-order valence-corrected chi connectivity index (χ2v) is 6.73. The maximum Gasteiger partial charge on any atom is 0.220 e. The number of carbonyl (C=O) groups excluding carboxylic acids is 1. The molecule has 1 fully saturated rings. The normalized spacial score (nSPS) is 20.9. The number of nitrogens with one attached hydrogen (secondary N) is 1. The third-order valence-corrected chi connectivity index (χ3v) is 4.85. The van der Waals surface area contributed by atoms with Crippen molar-refractivity contribution in [2.45, 2.75) is 31.3 Å². The number of nitrogens with zero attached hydrogens (tertiary/aromatic N) is 2. The van der Waals surface area contributed by atoms with Crippen LogP contribution in [0.4, 0.5) is 0 Å². The quantitative estimate of drug-likeness (QED) is 0.906. The Labute approximate surface area is 147 Å². The Hall–Kier alpha value is -1.91.